The van der Waals surface area contributed by atoms with Crippen molar-refractivity contribution in [1.82, 2.24) is 0 Å². The van der Waals surface area contributed by atoms with Crippen LogP contribution in [-0.2, 0) is 0 Å². The van der Waals surface area contributed by atoms with Crippen molar-refractivity contribution in [2.45, 2.75) is 4.90 Å². The zero-order valence-electron chi connectivity index (χ0n) is 11.1. The van der Waals surface area contributed by atoms with E-state index in [0.29, 0.717) is 10.6 Å². The SMILES string of the molecule is CSc1ccccc1C(=O)Nc1cc(Cl)ccc1C(=O)O. The molecule has 0 saturated carbocycles. The minimum absolute atomic E-state index is 0.00520. The highest BCUT2D eigenvalue weighted by Crippen LogP contribution is 2.24. The van der Waals surface area contributed by atoms with E-state index >= 15 is 0 Å². The molecule has 0 aliphatic carbocycles. The first-order valence-corrected chi connectivity index (χ1v) is 7.60. The van der Waals surface area contributed by atoms with Gasteiger partial charge in [-0.15, -0.1) is 11.8 Å². The normalized spacial score (nSPS) is 10.2. The minimum atomic E-state index is -1.12. The Morgan fingerprint density at radius 1 is 1.14 bits per heavy atom. The fourth-order valence-corrected chi connectivity index (χ4v) is 2.60. The number of rotatable bonds is 4. The molecule has 0 aromatic heterocycles. The Bertz CT molecular complexity index is 703. The van der Waals surface area contributed by atoms with Gasteiger partial charge in [0.05, 0.1) is 16.8 Å². The number of carboxylic acids is 1. The molecule has 0 unspecified atom stereocenters. The molecule has 4 nitrogen and oxygen atoms in total. The van der Waals surface area contributed by atoms with Crippen LogP contribution in [0.5, 0.6) is 0 Å². The summed E-state index contributed by atoms with van der Waals surface area (Å²) in [7, 11) is 0. The quantitative estimate of drug-likeness (QED) is 0.835. The summed E-state index contributed by atoms with van der Waals surface area (Å²) in [4.78, 5) is 24.3. The first kappa shape index (κ1) is 15.4. The van der Waals surface area contributed by atoms with Crippen LogP contribution in [0.15, 0.2) is 47.4 Å². The summed E-state index contributed by atoms with van der Waals surface area (Å²) in [6.07, 6.45) is 1.87. The van der Waals surface area contributed by atoms with Crippen molar-refractivity contribution in [2.24, 2.45) is 0 Å². The fourth-order valence-electron chi connectivity index (χ4n) is 1.83. The van der Waals surface area contributed by atoms with Crippen molar-refractivity contribution in [3.8, 4) is 0 Å². The summed E-state index contributed by atoms with van der Waals surface area (Å²) < 4.78 is 0. The molecular weight excluding hydrogens is 310 g/mol. The Balaban J connectivity index is 2.36. The molecule has 2 N–H and O–H groups in total. The Kier molecular flexibility index (Phi) is 4.88. The first-order valence-electron chi connectivity index (χ1n) is 6.00. The molecule has 1 amide bonds. The van der Waals surface area contributed by atoms with Crippen molar-refractivity contribution in [1.29, 1.82) is 0 Å². The van der Waals surface area contributed by atoms with E-state index in [4.69, 9.17) is 16.7 Å². The Hall–Kier alpha value is -1.98. The van der Waals surface area contributed by atoms with Gasteiger partial charge < -0.3 is 10.4 Å². The van der Waals surface area contributed by atoms with Crippen molar-refractivity contribution >= 4 is 40.9 Å². The number of hydrogen-bond donors (Lipinski definition) is 2. The summed E-state index contributed by atoms with van der Waals surface area (Å²) in [6, 6.07) is 11.4. The fraction of sp³-hybridized carbons (Fsp3) is 0.0667. The van der Waals surface area contributed by atoms with Gasteiger partial charge >= 0.3 is 5.97 Å². The number of anilines is 1. The van der Waals surface area contributed by atoms with Crippen molar-refractivity contribution in [2.75, 3.05) is 11.6 Å². The molecule has 0 fully saturated rings. The summed E-state index contributed by atoms with van der Waals surface area (Å²) in [6.45, 7) is 0. The molecule has 0 heterocycles. The number of aromatic carboxylic acids is 1. The number of carbonyl (C=O) groups is 2. The summed E-state index contributed by atoms with van der Waals surface area (Å²) in [5.41, 5.74) is 0.659. The second kappa shape index (κ2) is 6.65. The lowest BCUT2D eigenvalue weighted by Gasteiger charge is -2.11. The van der Waals surface area contributed by atoms with Gasteiger partial charge in [0.15, 0.2) is 0 Å². The third-order valence-corrected chi connectivity index (χ3v) is 3.84. The topological polar surface area (TPSA) is 66.4 Å². The maximum Gasteiger partial charge on any atom is 0.337 e. The monoisotopic (exact) mass is 321 g/mol. The lowest BCUT2D eigenvalue weighted by molar-refractivity contribution is 0.0698. The van der Waals surface area contributed by atoms with Gasteiger partial charge in [-0.25, -0.2) is 4.79 Å². The highest BCUT2D eigenvalue weighted by Gasteiger charge is 2.15. The standard InChI is InChI=1S/C15H12ClNO3S/c1-21-13-5-3-2-4-11(13)14(18)17-12-8-9(16)6-7-10(12)15(19)20/h2-8H,1H3,(H,17,18)(H,19,20). The average molecular weight is 322 g/mol. The van der Waals surface area contributed by atoms with Gasteiger partial charge in [0, 0.05) is 9.92 Å². The molecule has 0 spiro atoms. The Morgan fingerprint density at radius 2 is 1.86 bits per heavy atom. The van der Waals surface area contributed by atoms with Crippen molar-refractivity contribution < 1.29 is 14.7 Å². The summed E-state index contributed by atoms with van der Waals surface area (Å²) in [5.74, 6) is -1.50. The molecule has 2 aromatic carbocycles. The van der Waals surface area contributed by atoms with Crippen molar-refractivity contribution in [3.05, 3.63) is 58.6 Å². The number of benzene rings is 2. The predicted octanol–water partition coefficient (Wildman–Crippen LogP) is 4.01. The molecule has 0 aliphatic rings. The second-order valence-electron chi connectivity index (χ2n) is 4.15. The number of carbonyl (C=O) groups excluding carboxylic acids is 1. The third-order valence-electron chi connectivity index (χ3n) is 2.81. The zero-order valence-corrected chi connectivity index (χ0v) is 12.7. The molecule has 0 radical (unpaired) electrons. The molecule has 6 heteroatoms. The summed E-state index contributed by atoms with van der Waals surface area (Å²) in [5, 5.41) is 12.1. The van der Waals surface area contributed by atoms with Crippen LogP contribution in [0, 0.1) is 0 Å². The number of thioether (sulfide) groups is 1. The zero-order chi connectivity index (χ0) is 15.4. The third kappa shape index (κ3) is 3.56. The first-order chi connectivity index (χ1) is 10.0. The highest BCUT2D eigenvalue weighted by atomic mass is 35.5. The molecule has 0 atom stereocenters. The summed E-state index contributed by atoms with van der Waals surface area (Å²) >= 11 is 7.31. The predicted molar refractivity (Wildman–Crippen MR) is 84.6 cm³/mol. The van der Waals surface area contributed by atoms with E-state index in [0.717, 1.165) is 4.90 Å². The smallest absolute Gasteiger partial charge is 0.337 e. The van der Waals surface area contributed by atoms with E-state index in [2.05, 4.69) is 5.32 Å². The van der Waals surface area contributed by atoms with Crippen LogP contribution < -0.4 is 5.32 Å². The number of amides is 1. The van der Waals surface area contributed by atoms with Gasteiger partial charge in [0.1, 0.15) is 0 Å². The van der Waals surface area contributed by atoms with Gasteiger partial charge in [-0.2, -0.15) is 0 Å². The minimum Gasteiger partial charge on any atom is -0.478 e. The van der Waals surface area contributed by atoms with Gasteiger partial charge in [0.2, 0.25) is 0 Å². The average Bonchev–Trinajstić information content (AvgIpc) is 2.46. The largest absolute Gasteiger partial charge is 0.478 e. The van der Waals surface area contributed by atoms with Gasteiger partial charge in [-0.1, -0.05) is 23.7 Å². The van der Waals surface area contributed by atoms with Crippen LogP contribution in [0.2, 0.25) is 5.02 Å². The number of carboxylic acid groups (broad SMARTS) is 1. The second-order valence-corrected chi connectivity index (χ2v) is 5.43. The molecule has 0 saturated heterocycles. The molecule has 2 aromatic rings. The van der Waals surface area contributed by atoms with Crippen molar-refractivity contribution in [3.63, 3.8) is 0 Å². The van der Waals surface area contributed by atoms with Crippen LogP contribution in [-0.4, -0.2) is 23.2 Å². The van der Waals surface area contributed by atoms with E-state index in [1.54, 1.807) is 12.1 Å². The lowest BCUT2D eigenvalue weighted by atomic mass is 10.1. The van der Waals surface area contributed by atoms with Crippen LogP contribution in [0.1, 0.15) is 20.7 Å². The van der Waals surface area contributed by atoms with E-state index in [9.17, 15) is 9.59 Å². The lowest BCUT2D eigenvalue weighted by Crippen LogP contribution is -2.15. The molecule has 0 bridgehead atoms. The number of nitrogens with one attached hydrogen (secondary N) is 1. The maximum absolute atomic E-state index is 12.3. The van der Waals surface area contributed by atoms with E-state index in [-0.39, 0.29) is 17.2 Å². The Labute approximate surface area is 131 Å². The van der Waals surface area contributed by atoms with Crippen LogP contribution in [0.4, 0.5) is 5.69 Å². The van der Waals surface area contributed by atoms with Gasteiger partial charge in [-0.05, 0) is 36.6 Å². The molecule has 108 valence electrons. The van der Waals surface area contributed by atoms with E-state index in [1.165, 1.54) is 30.0 Å². The molecule has 0 aliphatic heterocycles. The van der Waals surface area contributed by atoms with Crippen LogP contribution >= 0.6 is 23.4 Å². The molecular formula is C15H12ClNO3S. The maximum atomic E-state index is 12.3. The number of halogens is 1. The molecule has 2 rings (SSSR count). The highest BCUT2D eigenvalue weighted by molar-refractivity contribution is 7.98. The number of hydrogen-bond acceptors (Lipinski definition) is 3. The van der Waals surface area contributed by atoms with Crippen LogP contribution in [0.3, 0.4) is 0 Å². The van der Waals surface area contributed by atoms with Gasteiger partial charge in [0.25, 0.3) is 5.91 Å². The van der Waals surface area contributed by atoms with Gasteiger partial charge in [-0.3, -0.25) is 4.79 Å². The van der Waals surface area contributed by atoms with Crippen LogP contribution in [0.25, 0.3) is 0 Å². The Morgan fingerprint density at radius 3 is 2.52 bits per heavy atom. The van der Waals surface area contributed by atoms with E-state index in [1.807, 2.05) is 18.4 Å². The molecule has 21 heavy (non-hydrogen) atoms. The van der Waals surface area contributed by atoms with E-state index < -0.39 is 5.97 Å².